The highest BCUT2D eigenvalue weighted by atomic mass is 32.2. The summed E-state index contributed by atoms with van der Waals surface area (Å²) >= 11 is 0. The number of rotatable bonds is 3. The third-order valence-electron chi connectivity index (χ3n) is 5.06. The van der Waals surface area contributed by atoms with E-state index in [1.165, 1.54) is 13.0 Å². The highest BCUT2D eigenvalue weighted by molar-refractivity contribution is 7.92. The molecule has 140 valence electrons. The van der Waals surface area contributed by atoms with Gasteiger partial charge in [-0.2, -0.15) is 0 Å². The first-order chi connectivity index (χ1) is 12.8. The van der Waals surface area contributed by atoms with Gasteiger partial charge in [-0.05, 0) is 67.8 Å². The molecule has 1 amide bonds. The normalized spacial score (nSPS) is 13.8. The van der Waals surface area contributed by atoms with Crippen molar-refractivity contribution in [3.05, 3.63) is 53.3 Å². The van der Waals surface area contributed by atoms with E-state index in [0.29, 0.717) is 18.7 Å². The molecule has 0 spiro atoms. The lowest BCUT2D eigenvalue weighted by Crippen LogP contribution is -2.25. The van der Waals surface area contributed by atoms with Crippen molar-refractivity contribution in [1.29, 1.82) is 0 Å². The molecule has 0 saturated carbocycles. The number of fused-ring (bicyclic) bond motifs is 2. The summed E-state index contributed by atoms with van der Waals surface area (Å²) in [6.45, 7) is 5.92. The van der Waals surface area contributed by atoms with E-state index in [2.05, 4.69) is 4.72 Å². The summed E-state index contributed by atoms with van der Waals surface area (Å²) in [4.78, 5) is 13.5. The van der Waals surface area contributed by atoms with Gasteiger partial charge in [0.05, 0.1) is 4.90 Å². The number of nitrogens with zero attached hydrogens (tertiary/aromatic N) is 1. The Kier molecular flexibility index (Phi) is 3.99. The lowest BCUT2D eigenvalue weighted by Gasteiger charge is -2.15. The predicted octanol–water partition coefficient (Wildman–Crippen LogP) is 3.76. The zero-order chi connectivity index (χ0) is 19.3. The van der Waals surface area contributed by atoms with Gasteiger partial charge in [0, 0.05) is 30.2 Å². The molecule has 0 radical (unpaired) electrons. The van der Waals surface area contributed by atoms with Gasteiger partial charge in [0.25, 0.3) is 10.0 Å². The summed E-state index contributed by atoms with van der Waals surface area (Å²) in [5.41, 5.74) is 3.86. The molecule has 0 saturated heterocycles. The molecule has 2 heterocycles. The van der Waals surface area contributed by atoms with Gasteiger partial charge >= 0.3 is 0 Å². The predicted molar refractivity (Wildman–Crippen MR) is 105 cm³/mol. The summed E-state index contributed by atoms with van der Waals surface area (Å²) in [5, 5.41) is 0.888. The van der Waals surface area contributed by atoms with Gasteiger partial charge in [-0.1, -0.05) is 0 Å². The molecule has 3 aromatic rings. The first-order valence-corrected chi connectivity index (χ1v) is 10.2. The third kappa shape index (κ3) is 2.98. The van der Waals surface area contributed by atoms with Crippen molar-refractivity contribution in [1.82, 2.24) is 0 Å². The van der Waals surface area contributed by atoms with E-state index in [1.807, 2.05) is 13.8 Å². The molecule has 0 fully saturated rings. The number of sulfonamides is 1. The van der Waals surface area contributed by atoms with Crippen molar-refractivity contribution < 1.29 is 17.6 Å². The Balaban J connectivity index is 1.66. The summed E-state index contributed by atoms with van der Waals surface area (Å²) in [6.07, 6.45) is 0.651. The largest absolute Gasteiger partial charge is 0.461 e. The van der Waals surface area contributed by atoms with Crippen molar-refractivity contribution in [2.24, 2.45) is 0 Å². The van der Waals surface area contributed by atoms with Gasteiger partial charge in [-0.15, -0.1) is 0 Å². The Hall–Kier alpha value is -2.80. The minimum absolute atomic E-state index is 0.0402. The molecule has 1 aliphatic rings. The Morgan fingerprint density at radius 2 is 1.93 bits per heavy atom. The third-order valence-corrected chi connectivity index (χ3v) is 6.44. The van der Waals surface area contributed by atoms with Crippen LogP contribution in [-0.4, -0.2) is 20.9 Å². The Morgan fingerprint density at radius 1 is 1.15 bits per heavy atom. The van der Waals surface area contributed by atoms with E-state index in [9.17, 15) is 13.2 Å². The smallest absolute Gasteiger partial charge is 0.261 e. The second kappa shape index (κ2) is 6.13. The van der Waals surface area contributed by atoms with Gasteiger partial charge in [0.2, 0.25) is 5.91 Å². The minimum atomic E-state index is -3.73. The molecule has 4 rings (SSSR count). The number of carbonyl (C=O) groups is 1. The number of aryl methyl sites for hydroxylation is 2. The molecular formula is C20H20N2O4S. The van der Waals surface area contributed by atoms with Crippen LogP contribution in [0, 0.1) is 13.8 Å². The Labute approximate surface area is 157 Å². The van der Waals surface area contributed by atoms with E-state index in [1.54, 1.807) is 35.2 Å². The number of hydrogen-bond acceptors (Lipinski definition) is 4. The highest BCUT2D eigenvalue weighted by Crippen LogP contribution is 2.32. The lowest BCUT2D eigenvalue weighted by atomic mass is 10.1. The summed E-state index contributed by atoms with van der Waals surface area (Å²) in [7, 11) is -3.73. The van der Waals surface area contributed by atoms with Gasteiger partial charge in [0.1, 0.15) is 11.3 Å². The van der Waals surface area contributed by atoms with Crippen LogP contribution in [0.4, 0.5) is 11.4 Å². The summed E-state index contributed by atoms with van der Waals surface area (Å²) in [5.74, 6) is 0.778. The van der Waals surface area contributed by atoms with Gasteiger partial charge < -0.3 is 9.32 Å². The fourth-order valence-corrected chi connectivity index (χ4v) is 4.59. The minimum Gasteiger partial charge on any atom is -0.461 e. The van der Waals surface area contributed by atoms with E-state index in [4.69, 9.17) is 4.42 Å². The van der Waals surface area contributed by atoms with E-state index >= 15 is 0 Å². The molecule has 7 heteroatoms. The van der Waals surface area contributed by atoms with Crippen LogP contribution in [0.3, 0.4) is 0 Å². The number of nitrogens with one attached hydrogen (secondary N) is 1. The standard InChI is InChI=1S/C20H20N2O4S/c1-12-13(2)26-20-7-4-16(11-18(12)20)21-27(24,25)17-5-6-19-15(10-17)8-9-22(19)14(3)23/h4-7,10-11,21H,8-9H2,1-3H3. The number of carbonyl (C=O) groups excluding carboxylic acids is 1. The molecular weight excluding hydrogens is 364 g/mol. The van der Waals surface area contributed by atoms with Crippen molar-refractivity contribution in [3.8, 4) is 0 Å². The van der Waals surface area contributed by atoms with Crippen LogP contribution in [0.5, 0.6) is 0 Å². The number of hydrogen-bond donors (Lipinski definition) is 1. The molecule has 6 nitrogen and oxygen atoms in total. The molecule has 2 aromatic carbocycles. The lowest BCUT2D eigenvalue weighted by molar-refractivity contribution is -0.116. The Morgan fingerprint density at radius 3 is 2.67 bits per heavy atom. The van der Waals surface area contributed by atoms with E-state index in [-0.39, 0.29) is 10.8 Å². The number of amides is 1. The van der Waals surface area contributed by atoms with Crippen LogP contribution in [0.25, 0.3) is 11.0 Å². The molecule has 0 bridgehead atoms. The Bertz CT molecular complexity index is 1180. The first-order valence-electron chi connectivity index (χ1n) is 8.70. The van der Waals surface area contributed by atoms with Crippen molar-refractivity contribution >= 4 is 38.3 Å². The van der Waals surface area contributed by atoms with Gasteiger partial charge in [-0.3, -0.25) is 9.52 Å². The van der Waals surface area contributed by atoms with Crippen LogP contribution in [0.15, 0.2) is 45.7 Å². The molecule has 1 N–H and O–H groups in total. The van der Waals surface area contributed by atoms with E-state index < -0.39 is 10.0 Å². The SMILES string of the molecule is CC(=O)N1CCc2cc(S(=O)(=O)Nc3ccc4oc(C)c(C)c4c3)ccc21. The van der Waals surface area contributed by atoms with Crippen LogP contribution in [0.2, 0.25) is 0 Å². The molecule has 0 aliphatic carbocycles. The second-order valence-corrected chi connectivity index (χ2v) is 8.49. The van der Waals surface area contributed by atoms with Crippen LogP contribution in [0.1, 0.15) is 23.8 Å². The van der Waals surface area contributed by atoms with Gasteiger partial charge in [-0.25, -0.2) is 8.42 Å². The van der Waals surface area contributed by atoms with Crippen LogP contribution in [-0.2, 0) is 21.2 Å². The average Bonchev–Trinajstić information content (AvgIpc) is 3.16. The topological polar surface area (TPSA) is 79.6 Å². The zero-order valence-corrected chi connectivity index (χ0v) is 16.2. The van der Waals surface area contributed by atoms with Crippen molar-refractivity contribution in [3.63, 3.8) is 0 Å². The fraction of sp³-hybridized carbons (Fsp3) is 0.250. The zero-order valence-electron chi connectivity index (χ0n) is 15.4. The first kappa shape index (κ1) is 17.6. The number of furan rings is 1. The fourth-order valence-electron chi connectivity index (χ4n) is 3.49. The highest BCUT2D eigenvalue weighted by Gasteiger charge is 2.25. The maximum atomic E-state index is 12.8. The summed E-state index contributed by atoms with van der Waals surface area (Å²) < 4.78 is 33.9. The summed E-state index contributed by atoms with van der Waals surface area (Å²) in [6, 6.07) is 10.1. The average molecular weight is 384 g/mol. The number of benzene rings is 2. The van der Waals surface area contributed by atoms with Crippen LogP contribution >= 0.6 is 0 Å². The molecule has 27 heavy (non-hydrogen) atoms. The molecule has 1 aromatic heterocycles. The van der Waals surface area contributed by atoms with Crippen LogP contribution < -0.4 is 9.62 Å². The monoisotopic (exact) mass is 384 g/mol. The molecule has 1 aliphatic heterocycles. The van der Waals surface area contributed by atoms with Crippen molar-refractivity contribution in [2.45, 2.75) is 32.1 Å². The molecule has 0 unspecified atom stereocenters. The van der Waals surface area contributed by atoms with E-state index in [0.717, 1.165) is 33.5 Å². The van der Waals surface area contributed by atoms with Gasteiger partial charge in [0.15, 0.2) is 0 Å². The second-order valence-electron chi connectivity index (χ2n) is 6.81. The number of anilines is 2. The maximum absolute atomic E-state index is 12.8. The quantitative estimate of drug-likeness (QED) is 0.746. The maximum Gasteiger partial charge on any atom is 0.261 e. The molecule has 0 atom stereocenters. The van der Waals surface area contributed by atoms with Crippen molar-refractivity contribution in [2.75, 3.05) is 16.2 Å².